The summed E-state index contributed by atoms with van der Waals surface area (Å²) in [6.45, 7) is 4.10. The van der Waals surface area contributed by atoms with E-state index in [-0.39, 0.29) is 29.4 Å². The summed E-state index contributed by atoms with van der Waals surface area (Å²) in [6, 6.07) is 20.2. The molecule has 1 unspecified atom stereocenters. The van der Waals surface area contributed by atoms with Crippen molar-refractivity contribution in [3.8, 4) is 16.9 Å². The summed E-state index contributed by atoms with van der Waals surface area (Å²) in [6.07, 6.45) is 0. The number of thioether (sulfide) groups is 1. The molecule has 4 aromatic rings. The van der Waals surface area contributed by atoms with Crippen LogP contribution in [0, 0.1) is 6.92 Å². The van der Waals surface area contributed by atoms with Crippen molar-refractivity contribution in [3.63, 3.8) is 0 Å². The molecule has 2 amide bonds. The number of aromatic nitrogens is 2. The maximum atomic E-state index is 13.8. The highest BCUT2D eigenvalue weighted by Crippen LogP contribution is 2.49. The van der Waals surface area contributed by atoms with Crippen LogP contribution in [0.3, 0.4) is 0 Å². The van der Waals surface area contributed by atoms with Crippen molar-refractivity contribution in [1.82, 2.24) is 14.7 Å². The number of amides is 2. The first-order valence-corrected chi connectivity index (χ1v) is 14.6. The van der Waals surface area contributed by atoms with Gasteiger partial charge >= 0.3 is 0 Å². The lowest BCUT2D eigenvalue weighted by atomic mass is 10.0. The van der Waals surface area contributed by atoms with Gasteiger partial charge < -0.3 is 9.64 Å². The SMILES string of the molecule is Cc1ccccc1-n1nc(-c2ccccc2)c2c1N(CC(=O)N1CCOCC1)C(=O)CSC2c1ccsc1. The van der Waals surface area contributed by atoms with Gasteiger partial charge in [0, 0.05) is 24.2 Å². The van der Waals surface area contributed by atoms with Gasteiger partial charge in [0.15, 0.2) is 0 Å². The Labute approximate surface area is 230 Å². The predicted molar refractivity (Wildman–Crippen MR) is 152 cm³/mol. The summed E-state index contributed by atoms with van der Waals surface area (Å²) < 4.78 is 7.32. The Hall–Kier alpha value is -3.40. The van der Waals surface area contributed by atoms with Crippen LogP contribution >= 0.6 is 23.1 Å². The number of thiophene rings is 1. The fourth-order valence-electron chi connectivity index (χ4n) is 5.03. The van der Waals surface area contributed by atoms with Crippen molar-refractivity contribution in [2.45, 2.75) is 12.2 Å². The zero-order chi connectivity index (χ0) is 26.1. The minimum absolute atomic E-state index is 0.0332. The van der Waals surface area contributed by atoms with E-state index in [0.29, 0.717) is 32.1 Å². The van der Waals surface area contributed by atoms with E-state index < -0.39 is 0 Å². The molecule has 0 radical (unpaired) electrons. The van der Waals surface area contributed by atoms with E-state index in [1.165, 1.54) is 0 Å². The normalized spacial score (nSPS) is 17.8. The predicted octanol–water partition coefficient (Wildman–Crippen LogP) is 4.94. The highest BCUT2D eigenvalue weighted by Gasteiger charge is 2.38. The van der Waals surface area contributed by atoms with Crippen molar-refractivity contribution in [1.29, 1.82) is 0 Å². The lowest BCUT2D eigenvalue weighted by Gasteiger charge is -2.30. The molecule has 0 saturated carbocycles. The van der Waals surface area contributed by atoms with Crippen LogP contribution in [0.15, 0.2) is 71.4 Å². The number of hydrogen-bond donors (Lipinski definition) is 0. The fourth-order valence-corrected chi connectivity index (χ4v) is 6.99. The summed E-state index contributed by atoms with van der Waals surface area (Å²) in [5, 5.41) is 9.27. The number of carbonyl (C=O) groups excluding carboxylic acids is 2. The zero-order valence-electron chi connectivity index (χ0n) is 21.1. The monoisotopic (exact) mass is 544 g/mol. The van der Waals surface area contributed by atoms with Crippen molar-refractivity contribution in [3.05, 3.63) is 88.1 Å². The number of para-hydroxylation sites is 1. The Morgan fingerprint density at radius 2 is 1.82 bits per heavy atom. The van der Waals surface area contributed by atoms with Gasteiger partial charge in [0.1, 0.15) is 12.4 Å². The molecule has 2 aromatic heterocycles. The largest absolute Gasteiger partial charge is 0.378 e. The summed E-state index contributed by atoms with van der Waals surface area (Å²) in [5.74, 6) is 0.773. The number of anilines is 1. The van der Waals surface area contributed by atoms with Crippen molar-refractivity contribution < 1.29 is 14.3 Å². The second kappa shape index (κ2) is 10.8. The molecule has 1 saturated heterocycles. The van der Waals surface area contributed by atoms with E-state index in [1.807, 2.05) is 54.1 Å². The average Bonchev–Trinajstić information content (AvgIpc) is 3.60. The number of rotatable bonds is 5. The number of fused-ring (bicyclic) bond motifs is 1. The quantitative estimate of drug-likeness (QED) is 0.356. The van der Waals surface area contributed by atoms with Crippen LogP contribution < -0.4 is 4.90 Å². The number of carbonyl (C=O) groups is 2. The Kier molecular flexibility index (Phi) is 7.06. The summed E-state index contributed by atoms with van der Waals surface area (Å²) in [5.41, 5.74) is 5.82. The van der Waals surface area contributed by atoms with Gasteiger partial charge in [0.25, 0.3) is 0 Å². The number of benzene rings is 2. The molecule has 4 heterocycles. The molecular weight excluding hydrogens is 516 g/mol. The third-order valence-corrected chi connectivity index (χ3v) is 8.94. The number of nitrogens with zero attached hydrogens (tertiary/aromatic N) is 4. The maximum absolute atomic E-state index is 13.8. The van der Waals surface area contributed by atoms with Crippen molar-refractivity contribution >= 4 is 40.7 Å². The van der Waals surface area contributed by atoms with E-state index >= 15 is 0 Å². The van der Waals surface area contributed by atoms with E-state index in [4.69, 9.17) is 9.84 Å². The van der Waals surface area contributed by atoms with Gasteiger partial charge in [0.2, 0.25) is 11.8 Å². The Bertz CT molecular complexity index is 1450. The van der Waals surface area contributed by atoms with Gasteiger partial charge in [-0.15, -0.1) is 11.8 Å². The Morgan fingerprint density at radius 1 is 1.05 bits per heavy atom. The zero-order valence-corrected chi connectivity index (χ0v) is 22.7. The minimum Gasteiger partial charge on any atom is -0.378 e. The molecule has 2 aromatic carbocycles. The van der Waals surface area contributed by atoms with Gasteiger partial charge in [-0.25, -0.2) is 4.68 Å². The summed E-state index contributed by atoms with van der Waals surface area (Å²) in [4.78, 5) is 30.7. The van der Waals surface area contributed by atoms with Crippen LogP contribution in [0.25, 0.3) is 16.9 Å². The van der Waals surface area contributed by atoms with E-state index in [9.17, 15) is 9.59 Å². The Morgan fingerprint density at radius 3 is 2.55 bits per heavy atom. The number of ether oxygens (including phenoxy) is 1. The highest BCUT2D eigenvalue weighted by atomic mass is 32.2. The smallest absolute Gasteiger partial charge is 0.242 e. The number of aryl methyl sites for hydroxylation is 1. The van der Waals surface area contributed by atoms with Gasteiger partial charge in [-0.2, -0.15) is 16.4 Å². The van der Waals surface area contributed by atoms with Crippen LogP contribution in [0.5, 0.6) is 0 Å². The first-order valence-electron chi connectivity index (χ1n) is 12.7. The molecule has 9 heteroatoms. The molecular formula is C29H28N4O3S2. The van der Waals surface area contributed by atoms with Crippen LogP contribution in [-0.2, 0) is 14.3 Å². The average molecular weight is 545 g/mol. The van der Waals surface area contributed by atoms with Crippen LogP contribution in [0.4, 0.5) is 5.82 Å². The topological polar surface area (TPSA) is 67.7 Å². The van der Waals surface area contributed by atoms with Crippen LogP contribution in [0.2, 0.25) is 0 Å². The van der Waals surface area contributed by atoms with Gasteiger partial charge in [-0.3, -0.25) is 14.5 Å². The standard InChI is InChI=1S/C29H28N4O3S2/c1-20-7-5-6-10-23(20)33-29-26(27(30-33)21-8-3-2-4-9-21)28(22-11-16-37-18-22)38-19-25(35)32(29)17-24(34)31-12-14-36-15-13-31/h2-11,16,18,28H,12-15,17,19H2,1H3. The second-order valence-electron chi connectivity index (χ2n) is 9.37. The van der Waals surface area contributed by atoms with E-state index in [1.54, 1.807) is 32.9 Å². The summed E-state index contributed by atoms with van der Waals surface area (Å²) >= 11 is 3.24. The molecule has 1 atom stereocenters. The molecule has 0 bridgehead atoms. The molecule has 6 rings (SSSR count). The van der Waals surface area contributed by atoms with Crippen molar-refractivity contribution in [2.24, 2.45) is 0 Å². The number of hydrogen-bond acceptors (Lipinski definition) is 6. The lowest BCUT2D eigenvalue weighted by Crippen LogP contribution is -2.48. The van der Waals surface area contributed by atoms with Gasteiger partial charge in [-0.05, 0) is 40.9 Å². The third-order valence-electron chi connectivity index (χ3n) is 6.98. The highest BCUT2D eigenvalue weighted by molar-refractivity contribution is 8.00. The molecule has 0 aliphatic carbocycles. The molecule has 2 aliphatic heterocycles. The molecule has 7 nitrogen and oxygen atoms in total. The van der Waals surface area contributed by atoms with Crippen LogP contribution in [-0.4, -0.2) is 65.1 Å². The van der Waals surface area contributed by atoms with Gasteiger partial charge in [-0.1, -0.05) is 48.5 Å². The molecule has 0 N–H and O–H groups in total. The maximum Gasteiger partial charge on any atom is 0.242 e. The first kappa shape index (κ1) is 24.9. The van der Waals surface area contributed by atoms with E-state index in [0.717, 1.165) is 33.6 Å². The van der Waals surface area contributed by atoms with Crippen molar-refractivity contribution in [2.75, 3.05) is 43.5 Å². The molecule has 2 aliphatic rings. The Balaban J connectivity index is 1.58. The lowest BCUT2D eigenvalue weighted by molar-refractivity contribution is -0.134. The van der Waals surface area contributed by atoms with Crippen LogP contribution in [0.1, 0.15) is 21.9 Å². The summed E-state index contributed by atoms with van der Waals surface area (Å²) in [7, 11) is 0. The molecule has 38 heavy (non-hydrogen) atoms. The molecule has 0 spiro atoms. The second-order valence-corrected chi connectivity index (χ2v) is 11.2. The molecule has 194 valence electrons. The van der Waals surface area contributed by atoms with Gasteiger partial charge in [0.05, 0.1) is 35.6 Å². The first-order chi connectivity index (χ1) is 18.6. The molecule has 1 fully saturated rings. The minimum atomic E-state index is -0.100. The van der Waals surface area contributed by atoms with E-state index in [2.05, 4.69) is 29.0 Å². The fraction of sp³-hybridized carbons (Fsp3) is 0.276. The number of morpholine rings is 1. The third kappa shape index (κ3) is 4.66.